The normalized spacial score (nSPS) is 27.1. The van der Waals surface area contributed by atoms with Crippen molar-refractivity contribution in [3.8, 4) is 0 Å². The number of ether oxygens (including phenoxy) is 1. The zero-order valence-electron chi connectivity index (χ0n) is 11.4. The van der Waals surface area contributed by atoms with E-state index < -0.39 is 0 Å². The number of hydrogen-bond donors (Lipinski definition) is 1. The second-order valence-electron chi connectivity index (χ2n) is 5.27. The van der Waals surface area contributed by atoms with Crippen LogP contribution in [0.5, 0.6) is 0 Å². The lowest BCUT2D eigenvalue weighted by Gasteiger charge is -2.41. The average Bonchev–Trinajstić information content (AvgIpc) is 2.40. The van der Waals surface area contributed by atoms with E-state index in [-0.39, 0.29) is 0 Å². The van der Waals surface area contributed by atoms with Crippen LogP contribution in [0.2, 0.25) is 0 Å². The average molecular weight is 248 g/mol. The molecule has 3 nitrogen and oxygen atoms in total. The predicted molar refractivity (Wildman–Crippen MR) is 74.6 cm³/mol. The Kier molecular flexibility index (Phi) is 4.75. The van der Waals surface area contributed by atoms with E-state index in [1.165, 1.54) is 5.56 Å². The maximum Gasteiger partial charge on any atom is 0.0674 e. The molecular weight excluding hydrogens is 224 g/mol. The molecule has 0 spiro atoms. The van der Waals surface area contributed by atoms with Gasteiger partial charge in [0.1, 0.15) is 0 Å². The molecule has 1 aromatic rings. The van der Waals surface area contributed by atoms with Crippen molar-refractivity contribution in [2.24, 2.45) is 5.73 Å². The largest absolute Gasteiger partial charge is 0.376 e. The van der Waals surface area contributed by atoms with Crippen molar-refractivity contribution in [2.75, 3.05) is 19.7 Å². The van der Waals surface area contributed by atoms with Crippen LogP contribution in [-0.4, -0.2) is 42.8 Å². The minimum absolute atomic E-state index is 0.311. The Balaban J connectivity index is 2.03. The van der Waals surface area contributed by atoms with Crippen LogP contribution in [0.1, 0.15) is 19.4 Å². The maximum absolute atomic E-state index is 5.98. The highest BCUT2D eigenvalue weighted by atomic mass is 16.5. The van der Waals surface area contributed by atoms with E-state index >= 15 is 0 Å². The fourth-order valence-corrected chi connectivity index (χ4v) is 2.66. The van der Waals surface area contributed by atoms with Crippen molar-refractivity contribution in [1.29, 1.82) is 0 Å². The van der Waals surface area contributed by atoms with Crippen molar-refractivity contribution in [2.45, 2.75) is 38.5 Å². The van der Waals surface area contributed by atoms with Crippen LogP contribution in [0.25, 0.3) is 0 Å². The standard InChI is InChI=1S/C15H24N2O/c1-12-11-18-13(2)10-17(12)15(9-16)8-14-6-4-3-5-7-14/h3-7,12-13,15H,8-11,16H2,1-2H3. The van der Waals surface area contributed by atoms with E-state index in [9.17, 15) is 0 Å². The van der Waals surface area contributed by atoms with Crippen LogP contribution >= 0.6 is 0 Å². The fourth-order valence-electron chi connectivity index (χ4n) is 2.66. The fraction of sp³-hybridized carbons (Fsp3) is 0.600. The van der Waals surface area contributed by atoms with Gasteiger partial charge in [0.25, 0.3) is 0 Å². The lowest BCUT2D eigenvalue weighted by atomic mass is 10.0. The zero-order valence-corrected chi connectivity index (χ0v) is 11.4. The molecule has 3 heteroatoms. The second kappa shape index (κ2) is 6.32. The first kappa shape index (κ1) is 13.5. The van der Waals surface area contributed by atoms with E-state index in [0.29, 0.717) is 24.7 Å². The van der Waals surface area contributed by atoms with E-state index in [2.05, 4.69) is 49.1 Å². The van der Waals surface area contributed by atoms with Gasteiger partial charge in [0.2, 0.25) is 0 Å². The lowest BCUT2D eigenvalue weighted by Crippen LogP contribution is -2.55. The predicted octanol–water partition coefficient (Wildman–Crippen LogP) is 1.67. The highest BCUT2D eigenvalue weighted by molar-refractivity contribution is 5.16. The summed E-state index contributed by atoms with van der Waals surface area (Å²) in [5, 5.41) is 0. The lowest BCUT2D eigenvalue weighted by molar-refractivity contribution is -0.0645. The molecule has 1 aliphatic rings. The van der Waals surface area contributed by atoms with Gasteiger partial charge in [-0.1, -0.05) is 30.3 Å². The Labute approximate surface area is 110 Å². The topological polar surface area (TPSA) is 38.5 Å². The van der Waals surface area contributed by atoms with Crippen molar-refractivity contribution in [3.63, 3.8) is 0 Å². The summed E-state index contributed by atoms with van der Waals surface area (Å²) >= 11 is 0. The Morgan fingerprint density at radius 1 is 1.33 bits per heavy atom. The highest BCUT2D eigenvalue weighted by Gasteiger charge is 2.28. The molecule has 1 aliphatic heterocycles. The monoisotopic (exact) mass is 248 g/mol. The van der Waals surface area contributed by atoms with Gasteiger partial charge in [-0.05, 0) is 25.8 Å². The summed E-state index contributed by atoms with van der Waals surface area (Å²) in [5.41, 5.74) is 7.34. The number of benzene rings is 1. The van der Waals surface area contributed by atoms with E-state index in [1.54, 1.807) is 0 Å². The Morgan fingerprint density at radius 3 is 2.72 bits per heavy atom. The Morgan fingerprint density at radius 2 is 2.06 bits per heavy atom. The van der Waals surface area contributed by atoms with Gasteiger partial charge in [-0.3, -0.25) is 4.90 Å². The van der Waals surface area contributed by atoms with Gasteiger partial charge in [-0.2, -0.15) is 0 Å². The SMILES string of the molecule is CC1CN(C(CN)Cc2ccccc2)C(C)CO1. The number of rotatable bonds is 4. The van der Waals surface area contributed by atoms with Crippen molar-refractivity contribution in [3.05, 3.63) is 35.9 Å². The molecule has 0 aliphatic carbocycles. The van der Waals surface area contributed by atoms with Gasteiger partial charge in [0, 0.05) is 25.2 Å². The second-order valence-corrected chi connectivity index (χ2v) is 5.27. The van der Waals surface area contributed by atoms with Crippen molar-refractivity contribution >= 4 is 0 Å². The zero-order chi connectivity index (χ0) is 13.0. The summed E-state index contributed by atoms with van der Waals surface area (Å²) in [5.74, 6) is 0. The molecule has 1 aromatic carbocycles. The number of morpholine rings is 1. The molecule has 0 saturated carbocycles. The third-order valence-electron chi connectivity index (χ3n) is 3.71. The number of nitrogens with zero attached hydrogens (tertiary/aromatic N) is 1. The van der Waals surface area contributed by atoms with Gasteiger partial charge >= 0.3 is 0 Å². The third kappa shape index (κ3) is 3.31. The molecule has 0 aromatic heterocycles. The van der Waals surface area contributed by atoms with Gasteiger partial charge in [0.05, 0.1) is 12.7 Å². The number of hydrogen-bond acceptors (Lipinski definition) is 3. The molecule has 3 atom stereocenters. The summed E-state index contributed by atoms with van der Waals surface area (Å²) in [6, 6.07) is 11.5. The molecule has 1 saturated heterocycles. The van der Waals surface area contributed by atoms with Gasteiger partial charge < -0.3 is 10.5 Å². The molecule has 0 bridgehead atoms. The molecule has 2 rings (SSSR count). The van der Waals surface area contributed by atoms with Crippen LogP contribution < -0.4 is 5.73 Å². The molecule has 18 heavy (non-hydrogen) atoms. The van der Waals surface area contributed by atoms with Crippen LogP contribution in [0, 0.1) is 0 Å². The van der Waals surface area contributed by atoms with Crippen LogP contribution in [0.3, 0.4) is 0 Å². The van der Waals surface area contributed by atoms with Crippen molar-refractivity contribution < 1.29 is 4.74 Å². The smallest absolute Gasteiger partial charge is 0.0674 e. The molecule has 100 valence electrons. The summed E-state index contributed by atoms with van der Waals surface area (Å²) < 4.78 is 5.68. The number of nitrogens with two attached hydrogens (primary N) is 1. The first-order valence-electron chi connectivity index (χ1n) is 6.82. The summed E-state index contributed by atoms with van der Waals surface area (Å²) in [4.78, 5) is 2.50. The van der Waals surface area contributed by atoms with Crippen LogP contribution in [0.15, 0.2) is 30.3 Å². The van der Waals surface area contributed by atoms with E-state index in [4.69, 9.17) is 10.5 Å². The molecule has 2 N–H and O–H groups in total. The third-order valence-corrected chi connectivity index (χ3v) is 3.71. The Bertz CT molecular complexity index is 355. The highest BCUT2D eigenvalue weighted by Crippen LogP contribution is 2.17. The molecule has 0 amide bonds. The molecule has 3 unspecified atom stereocenters. The first-order valence-corrected chi connectivity index (χ1v) is 6.82. The molecular formula is C15H24N2O. The minimum atomic E-state index is 0.311. The minimum Gasteiger partial charge on any atom is -0.376 e. The van der Waals surface area contributed by atoms with Crippen LogP contribution in [0.4, 0.5) is 0 Å². The molecule has 1 fully saturated rings. The summed E-state index contributed by atoms with van der Waals surface area (Å²) in [7, 11) is 0. The van der Waals surface area contributed by atoms with Crippen LogP contribution in [-0.2, 0) is 11.2 Å². The first-order chi connectivity index (χ1) is 8.70. The van der Waals surface area contributed by atoms with Gasteiger partial charge in [-0.15, -0.1) is 0 Å². The molecule has 0 radical (unpaired) electrons. The molecule has 1 heterocycles. The summed E-state index contributed by atoms with van der Waals surface area (Å²) in [6.07, 6.45) is 1.33. The van der Waals surface area contributed by atoms with Crippen molar-refractivity contribution in [1.82, 2.24) is 4.90 Å². The maximum atomic E-state index is 5.98. The van der Waals surface area contributed by atoms with E-state index in [1.807, 2.05) is 0 Å². The van der Waals surface area contributed by atoms with Gasteiger partial charge in [0.15, 0.2) is 0 Å². The van der Waals surface area contributed by atoms with Gasteiger partial charge in [-0.25, -0.2) is 0 Å². The summed E-state index contributed by atoms with van der Waals surface area (Å²) in [6.45, 7) is 6.85. The Hall–Kier alpha value is -0.900. The van der Waals surface area contributed by atoms with E-state index in [0.717, 1.165) is 19.6 Å². The quantitative estimate of drug-likeness (QED) is 0.881.